The SMILES string of the molecule is CCC1(CNS(=O)(=O)Cc2ccc(CO)cc2)CC1. The Bertz CT molecular complexity index is 518. The average molecular weight is 283 g/mol. The summed E-state index contributed by atoms with van der Waals surface area (Å²) >= 11 is 0. The molecule has 106 valence electrons. The predicted molar refractivity (Wildman–Crippen MR) is 74.9 cm³/mol. The smallest absolute Gasteiger partial charge is 0.215 e. The Morgan fingerprint density at radius 3 is 2.26 bits per heavy atom. The summed E-state index contributed by atoms with van der Waals surface area (Å²) in [5.74, 6) is -0.00149. The Labute approximate surface area is 114 Å². The fourth-order valence-electron chi connectivity index (χ4n) is 2.11. The molecule has 2 rings (SSSR count). The van der Waals surface area contributed by atoms with Gasteiger partial charge in [-0.05, 0) is 35.8 Å². The molecule has 0 bridgehead atoms. The number of aliphatic hydroxyl groups excluding tert-OH is 1. The Morgan fingerprint density at radius 1 is 1.21 bits per heavy atom. The minimum absolute atomic E-state index is 0.00149. The summed E-state index contributed by atoms with van der Waals surface area (Å²) in [6.45, 7) is 2.64. The van der Waals surface area contributed by atoms with E-state index in [1.54, 1.807) is 24.3 Å². The molecule has 1 aliphatic carbocycles. The predicted octanol–water partition coefficient (Wildman–Crippen LogP) is 1.79. The highest BCUT2D eigenvalue weighted by atomic mass is 32.2. The van der Waals surface area contributed by atoms with Gasteiger partial charge in [0.05, 0.1) is 12.4 Å². The second-order valence-corrected chi connectivity index (χ2v) is 7.22. The molecule has 2 N–H and O–H groups in total. The molecular weight excluding hydrogens is 262 g/mol. The Hall–Kier alpha value is -0.910. The van der Waals surface area contributed by atoms with Crippen LogP contribution in [0.25, 0.3) is 0 Å². The van der Waals surface area contributed by atoms with E-state index in [1.165, 1.54) is 0 Å². The normalized spacial score (nSPS) is 17.4. The molecule has 0 saturated heterocycles. The first-order chi connectivity index (χ1) is 8.99. The lowest BCUT2D eigenvalue weighted by molar-refractivity contribution is 0.282. The maximum atomic E-state index is 12.0. The quantitative estimate of drug-likeness (QED) is 0.801. The molecule has 5 heteroatoms. The third kappa shape index (κ3) is 4.03. The Kier molecular flexibility index (Phi) is 4.28. The summed E-state index contributed by atoms with van der Waals surface area (Å²) in [6.07, 6.45) is 3.27. The summed E-state index contributed by atoms with van der Waals surface area (Å²) in [4.78, 5) is 0. The van der Waals surface area contributed by atoms with Crippen LogP contribution in [0.5, 0.6) is 0 Å². The van der Waals surface area contributed by atoms with Crippen LogP contribution in [0.2, 0.25) is 0 Å². The average Bonchev–Trinajstić information content (AvgIpc) is 3.18. The molecule has 1 fully saturated rings. The van der Waals surface area contributed by atoms with Gasteiger partial charge in [0.15, 0.2) is 0 Å². The van der Waals surface area contributed by atoms with E-state index in [0.717, 1.165) is 30.4 Å². The molecule has 0 amide bonds. The number of rotatable bonds is 7. The minimum Gasteiger partial charge on any atom is -0.392 e. The fourth-order valence-corrected chi connectivity index (χ4v) is 3.37. The number of hydrogen-bond donors (Lipinski definition) is 2. The molecule has 0 aliphatic heterocycles. The largest absolute Gasteiger partial charge is 0.392 e. The van der Waals surface area contributed by atoms with E-state index in [1.807, 2.05) is 0 Å². The molecule has 1 saturated carbocycles. The Balaban J connectivity index is 1.92. The molecular formula is C14H21NO3S. The van der Waals surface area contributed by atoms with E-state index in [2.05, 4.69) is 11.6 Å². The topological polar surface area (TPSA) is 66.4 Å². The third-order valence-electron chi connectivity index (χ3n) is 3.94. The van der Waals surface area contributed by atoms with Crippen LogP contribution >= 0.6 is 0 Å². The molecule has 19 heavy (non-hydrogen) atoms. The molecule has 1 aliphatic rings. The van der Waals surface area contributed by atoms with E-state index in [0.29, 0.717) is 6.54 Å². The molecule has 0 heterocycles. The maximum absolute atomic E-state index is 12.0. The first-order valence-electron chi connectivity index (χ1n) is 6.65. The van der Waals surface area contributed by atoms with Crippen LogP contribution in [0.1, 0.15) is 37.3 Å². The van der Waals surface area contributed by atoms with Crippen molar-refractivity contribution in [1.82, 2.24) is 4.72 Å². The van der Waals surface area contributed by atoms with Crippen LogP contribution in [0.15, 0.2) is 24.3 Å². The van der Waals surface area contributed by atoms with E-state index in [4.69, 9.17) is 5.11 Å². The van der Waals surface area contributed by atoms with Crippen LogP contribution in [0.4, 0.5) is 0 Å². The summed E-state index contributed by atoms with van der Waals surface area (Å²) in [6, 6.07) is 6.99. The van der Waals surface area contributed by atoms with Crippen molar-refractivity contribution >= 4 is 10.0 Å². The number of hydrogen-bond acceptors (Lipinski definition) is 3. The second kappa shape index (κ2) is 5.61. The van der Waals surface area contributed by atoms with Gasteiger partial charge in [0.25, 0.3) is 0 Å². The van der Waals surface area contributed by atoms with Crippen molar-refractivity contribution in [3.63, 3.8) is 0 Å². The second-order valence-electron chi connectivity index (χ2n) is 5.41. The van der Waals surface area contributed by atoms with Crippen molar-refractivity contribution in [2.24, 2.45) is 5.41 Å². The number of aliphatic hydroxyl groups is 1. The zero-order valence-corrected chi connectivity index (χ0v) is 12.0. The van der Waals surface area contributed by atoms with Gasteiger partial charge < -0.3 is 5.11 Å². The number of sulfonamides is 1. The zero-order valence-electron chi connectivity index (χ0n) is 11.2. The highest BCUT2D eigenvalue weighted by Gasteiger charge is 2.41. The summed E-state index contributed by atoms with van der Waals surface area (Å²) in [5.41, 5.74) is 1.75. The van der Waals surface area contributed by atoms with Gasteiger partial charge in [-0.15, -0.1) is 0 Å². The van der Waals surface area contributed by atoms with Crippen molar-refractivity contribution < 1.29 is 13.5 Å². The standard InChI is InChI=1S/C14H21NO3S/c1-2-14(7-8-14)11-15-19(17,18)10-13-5-3-12(9-16)4-6-13/h3-6,15-16H,2,7-11H2,1H3. The highest BCUT2D eigenvalue weighted by Crippen LogP contribution is 2.47. The van der Waals surface area contributed by atoms with E-state index < -0.39 is 10.0 Å². The van der Waals surface area contributed by atoms with Gasteiger partial charge >= 0.3 is 0 Å². The molecule has 0 unspecified atom stereocenters. The van der Waals surface area contributed by atoms with Gasteiger partial charge in [0, 0.05) is 6.54 Å². The van der Waals surface area contributed by atoms with Gasteiger partial charge in [-0.2, -0.15) is 0 Å². The molecule has 0 aromatic heterocycles. The molecule has 0 spiro atoms. The first kappa shape index (κ1) is 14.5. The van der Waals surface area contributed by atoms with E-state index >= 15 is 0 Å². The summed E-state index contributed by atoms with van der Waals surface area (Å²) in [7, 11) is -3.27. The van der Waals surface area contributed by atoms with Crippen molar-refractivity contribution in [3.8, 4) is 0 Å². The van der Waals surface area contributed by atoms with Crippen molar-refractivity contribution in [3.05, 3.63) is 35.4 Å². The highest BCUT2D eigenvalue weighted by molar-refractivity contribution is 7.88. The van der Waals surface area contributed by atoms with Crippen LogP contribution < -0.4 is 4.72 Å². The molecule has 0 atom stereocenters. The lowest BCUT2D eigenvalue weighted by atomic mass is 10.1. The monoisotopic (exact) mass is 283 g/mol. The lowest BCUT2D eigenvalue weighted by Crippen LogP contribution is -2.31. The van der Waals surface area contributed by atoms with Crippen molar-refractivity contribution in [1.29, 1.82) is 0 Å². The van der Waals surface area contributed by atoms with Crippen molar-refractivity contribution in [2.75, 3.05) is 6.54 Å². The minimum atomic E-state index is -3.27. The van der Waals surface area contributed by atoms with Crippen LogP contribution in [-0.2, 0) is 22.4 Å². The van der Waals surface area contributed by atoms with Crippen molar-refractivity contribution in [2.45, 2.75) is 38.5 Å². The van der Waals surface area contributed by atoms with Gasteiger partial charge in [0.1, 0.15) is 0 Å². The van der Waals surface area contributed by atoms with Gasteiger partial charge in [-0.25, -0.2) is 13.1 Å². The first-order valence-corrected chi connectivity index (χ1v) is 8.30. The van der Waals surface area contributed by atoms with E-state index in [9.17, 15) is 8.42 Å². The van der Waals surface area contributed by atoms with Gasteiger partial charge in [-0.3, -0.25) is 0 Å². The third-order valence-corrected chi connectivity index (χ3v) is 5.23. The molecule has 4 nitrogen and oxygen atoms in total. The van der Waals surface area contributed by atoms with Crippen LogP contribution in [-0.4, -0.2) is 20.1 Å². The maximum Gasteiger partial charge on any atom is 0.215 e. The Morgan fingerprint density at radius 2 is 1.79 bits per heavy atom. The molecule has 0 radical (unpaired) electrons. The number of nitrogens with one attached hydrogen (secondary N) is 1. The lowest BCUT2D eigenvalue weighted by Gasteiger charge is -2.13. The number of benzene rings is 1. The van der Waals surface area contributed by atoms with Crippen LogP contribution in [0.3, 0.4) is 0 Å². The van der Waals surface area contributed by atoms with E-state index in [-0.39, 0.29) is 17.8 Å². The fraction of sp³-hybridized carbons (Fsp3) is 0.571. The molecule has 1 aromatic rings. The van der Waals surface area contributed by atoms with Gasteiger partial charge in [-0.1, -0.05) is 31.2 Å². The molecule has 1 aromatic carbocycles. The van der Waals surface area contributed by atoms with Gasteiger partial charge in [0.2, 0.25) is 10.0 Å². The summed E-state index contributed by atoms with van der Waals surface area (Å²) in [5, 5.41) is 8.94. The zero-order chi connectivity index (χ0) is 13.9. The summed E-state index contributed by atoms with van der Waals surface area (Å²) < 4.78 is 26.7. The van der Waals surface area contributed by atoms with Crippen LogP contribution in [0, 0.1) is 5.41 Å².